The second kappa shape index (κ2) is 4.94. The SMILES string of the molecule is CCN(CCNc1nc(C)cs1)C1CC1. The molecule has 0 bridgehead atoms. The van der Waals surface area contributed by atoms with E-state index in [0.29, 0.717) is 0 Å². The van der Waals surface area contributed by atoms with Gasteiger partial charge in [0.15, 0.2) is 5.13 Å². The summed E-state index contributed by atoms with van der Waals surface area (Å²) in [7, 11) is 0. The molecule has 1 aromatic rings. The standard InChI is InChI=1S/C11H19N3S/c1-3-14(10-4-5-10)7-6-12-11-13-9(2)8-15-11/h8,10H,3-7H2,1-2H3,(H,12,13). The van der Waals surface area contributed by atoms with E-state index in [9.17, 15) is 0 Å². The summed E-state index contributed by atoms with van der Waals surface area (Å²) >= 11 is 1.69. The number of hydrogen-bond donors (Lipinski definition) is 1. The molecule has 1 N–H and O–H groups in total. The number of likely N-dealkylation sites (N-methyl/N-ethyl adjacent to an activating group) is 1. The lowest BCUT2D eigenvalue weighted by Gasteiger charge is -2.19. The van der Waals surface area contributed by atoms with Crippen molar-refractivity contribution in [3.8, 4) is 0 Å². The number of rotatable bonds is 6. The van der Waals surface area contributed by atoms with E-state index in [1.165, 1.54) is 19.4 Å². The molecular weight excluding hydrogens is 206 g/mol. The van der Waals surface area contributed by atoms with E-state index < -0.39 is 0 Å². The molecule has 84 valence electrons. The first-order valence-corrected chi connectivity index (χ1v) is 6.57. The van der Waals surface area contributed by atoms with Crippen LogP contribution in [0.4, 0.5) is 5.13 Å². The fourth-order valence-corrected chi connectivity index (χ4v) is 2.50. The van der Waals surface area contributed by atoms with Crippen LogP contribution in [0.25, 0.3) is 0 Å². The third-order valence-electron chi connectivity index (χ3n) is 2.76. The van der Waals surface area contributed by atoms with E-state index in [2.05, 4.69) is 27.5 Å². The zero-order valence-corrected chi connectivity index (χ0v) is 10.3. The highest BCUT2D eigenvalue weighted by Crippen LogP contribution is 2.26. The number of aromatic nitrogens is 1. The summed E-state index contributed by atoms with van der Waals surface area (Å²) in [6, 6.07) is 0.870. The molecule has 1 aliphatic rings. The molecule has 0 unspecified atom stereocenters. The average Bonchev–Trinajstić information content (AvgIpc) is 2.98. The highest BCUT2D eigenvalue weighted by molar-refractivity contribution is 7.13. The first-order valence-electron chi connectivity index (χ1n) is 5.69. The van der Waals surface area contributed by atoms with Crippen LogP contribution >= 0.6 is 11.3 Å². The highest BCUT2D eigenvalue weighted by atomic mass is 32.1. The van der Waals surface area contributed by atoms with Crippen molar-refractivity contribution < 1.29 is 0 Å². The Hall–Kier alpha value is -0.610. The van der Waals surface area contributed by atoms with Crippen molar-refractivity contribution in [1.29, 1.82) is 0 Å². The molecule has 3 nitrogen and oxygen atoms in total. The number of anilines is 1. The molecule has 0 aliphatic heterocycles. The van der Waals surface area contributed by atoms with E-state index in [1.54, 1.807) is 11.3 Å². The molecule has 0 radical (unpaired) electrons. The molecular formula is C11H19N3S. The van der Waals surface area contributed by atoms with Crippen molar-refractivity contribution in [3.05, 3.63) is 11.1 Å². The van der Waals surface area contributed by atoms with Crippen LogP contribution in [0.1, 0.15) is 25.5 Å². The van der Waals surface area contributed by atoms with Crippen LogP contribution in [0, 0.1) is 6.92 Å². The number of thiazole rings is 1. The Kier molecular flexibility index (Phi) is 3.59. The van der Waals surface area contributed by atoms with Gasteiger partial charge in [-0.15, -0.1) is 11.3 Å². The van der Waals surface area contributed by atoms with Gasteiger partial charge in [0, 0.05) is 24.5 Å². The van der Waals surface area contributed by atoms with Crippen molar-refractivity contribution in [2.24, 2.45) is 0 Å². The molecule has 1 saturated carbocycles. The lowest BCUT2D eigenvalue weighted by atomic mass is 10.4. The summed E-state index contributed by atoms with van der Waals surface area (Å²) in [6.45, 7) is 7.59. The smallest absolute Gasteiger partial charge is 0.182 e. The minimum atomic E-state index is 0.870. The molecule has 0 spiro atoms. The van der Waals surface area contributed by atoms with Gasteiger partial charge in [-0.1, -0.05) is 6.92 Å². The molecule has 2 rings (SSSR count). The normalized spacial score (nSPS) is 15.9. The molecule has 1 heterocycles. The lowest BCUT2D eigenvalue weighted by molar-refractivity contribution is 0.289. The van der Waals surface area contributed by atoms with E-state index in [1.807, 2.05) is 6.92 Å². The molecule has 1 aliphatic carbocycles. The second-order valence-corrected chi connectivity index (χ2v) is 4.94. The van der Waals surface area contributed by atoms with E-state index in [0.717, 1.165) is 30.0 Å². The first kappa shape index (κ1) is 10.9. The quantitative estimate of drug-likeness (QED) is 0.805. The molecule has 0 atom stereocenters. The van der Waals surface area contributed by atoms with E-state index >= 15 is 0 Å². The summed E-state index contributed by atoms with van der Waals surface area (Å²) < 4.78 is 0. The third-order valence-corrected chi connectivity index (χ3v) is 3.68. The van der Waals surface area contributed by atoms with Crippen molar-refractivity contribution in [2.75, 3.05) is 25.0 Å². The Morgan fingerprint density at radius 1 is 1.60 bits per heavy atom. The van der Waals surface area contributed by atoms with Crippen molar-refractivity contribution in [1.82, 2.24) is 9.88 Å². The summed E-state index contributed by atoms with van der Waals surface area (Å²) in [6.07, 6.45) is 2.79. The van der Waals surface area contributed by atoms with Gasteiger partial charge in [0.1, 0.15) is 0 Å². The third kappa shape index (κ3) is 3.18. The Bertz CT molecular complexity index is 307. The first-order chi connectivity index (χ1) is 7.29. The largest absolute Gasteiger partial charge is 0.360 e. The Morgan fingerprint density at radius 3 is 2.93 bits per heavy atom. The number of aryl methyl sites for hydroxylation is 1. The van der Waals surface area contributed by atoms with Gasteiger partial charge in [-0.3, -0.25) is 4.90 Å². The minimum absolute atomic E-state index is 0.870. The minimum Gasteiger partial charge on any atom is -0.360 e. The molecule has 4 heteroatoms. The highest BCUT2D eigenvalue weighted by Gasteiger charge is 2.27. The summed E-state index contributed by atoms with van der Waals surface area (Å²) in [5.41, 5.74) is 1.11. The Balaban J connectivity index is 1.69. The summed E-state index contributed by atoms with van der Waals surface area (Å²) in [5, 5.41) is 6.52. The fourth-order valence-electron chi connectivity index (χ4n) is 1.78. The number of nitrogens with zero attached hydrogens (tertiary/aromatic N) is 2. The molecule has 15 heavy (non-hydrogen) atoms. The van der Waals surface area contributed by atoms with Gasteiger partial charge in [-0.25, -0.2) is 4.98 Å². The van der Waals surface area contributed by atoms with Crippen LogP contribution in [-0.4, -0.2) is 35.6 Å². The Labute approximate surface area is 95.5 Å². The maximum atomic E-state index is 4.38. The zero-order chi connectivity index (χ0) is 10.7. The van der Waals surface area contributed by atoms with Gasteiger partial charge in [-0.2, -0.15) is 0 Å². The zero-order valence-electron chi connectivity index (χ0n) is 9.49. The topological polar surface area (TPSA) is 28.2 Å². The average molecular weight is 225 g/mol. The second-order valence-electron chi connectivity index (χ2n) is 4.08. The molecule has 0 aromatic carbocycles. The van der Waals surface area contributed by atoms with Gasteiger partial charge >= 0.3 is 0 Å². The Morgan fingerprint density at radius 2 is 2.40 bits per heavy atom. The van der Waals surface area contributed by atoms with Gasteiger partial charge < -0.3 is 5.32 Å². The van der Waals surface area contributed by atoms with Gasteiger partial charge in [0.05, 0.1) is 5.69 Å². The molecule has 1 aromatic heterocycles. The number of nitrogens with one attached hydrogen (secondary N) is 1. The van der Waals surface area contributed by atoms with Gasteiger partial charge in [-0.05, 0) is 26.3 Å². The van der Waals surface area contributed by atoms with Crippen LogP contribution in [-0.2, 0) is 0 Å². The van der Waals surface area contributed by atoms with Crippen molar-refractivity contribution >= 4 is 16.5 Å². The molecule has 1 fully saturated rings. The van der Waals surface area contributed by atoms with Crippen molar-refractivity contribution in [2.45, 2.75) is 32.7 Å². The van der Waals surface area contributed by atoms with Crippen LogP contribution in [0.5, 0.6) is 0 Å². The van der Waals surface area contributed by atoms with E-state index in [4.69, 9.17) is 0 Å². The fraction of sp³-hybridized carbons (Fsp3) is 0.727. The van der Waals surface area contributed by atoms with E-state index in [-0.39, 0.29) is 0 Å². The van der Waals surface area contributed by atoms with Crippen LogP contribution in [0.3, 0.4) is 0 Å². The molecule has 0 amide bonds. The van der Waals surface area contributed by atoms with Gasteiger partial charge in [0.25, 0.3) is 0 Å². The predicted octanol–water partition coefficient (Wildman–Crippen LogP) is 2.35. The van der Waals surface area contributed by atoms with Crippen LogP contribution in [0.15, 0.2) is 5.38 Å². The van der Waals surface area contributed by atoms with Crippen molar-refractivity contribution in [3.63, 3.8) is 0 Å². The number of hydrogen-bond acceptors (Lipinski definition) is 4. The molecule has 0 saturated heterocycles. The monoisotopic (exact) mass is 225 g/mol. The maximum Gasteiger partial charge on any atom is 0.182 e. The van der Waals surface area contributed by atoms with Gasteiger partial charge in [0.2, 0.25) is 0 Å². The predicted molar refractivity (Wildman–Crippen MR) is 65.6 cm³/mol. The van der Waals surface area contributed by atoms with Crippen LogP contribution in [0.2, 0.25) is 0 Å². The lowest BCUT2D eigenvalue weighted by Crippen LogP contribution is -2.30. The summed E-state index contributed by atoms with van der Waals surface area (Å²) in [5.74, 6) is 0. The summed E-state index contributed by atoms with van der Waals surface area (Å²) in [4.78, 5) is 6.93. The maximum absolute atomic E-state index is 4.38. The van der Waals surface area contributed by atoms with Crippen LogP contribution < -0.4 is 5.32 Å².